The van der Waals surface area contributed by atoms with Crippen molar-refractivity contribution < 1.29 is 9.59 Å². The van der Waals surface area contributed by atoms with Gasteiger partial charge >= 0.3 is 0 Å². The highest BCUT2D eigenvalue weighted by atomic mass is 35.5. The number of nitrogens with zero attached hydrogens (tertiary/aromatic N) is 5. The first-order valence-electron chi connectivity index (χ1n) is 15.1. The van der Waals surface area contributed by atoms with Gasteiger partial charge in [-0.2, -0.15) is 0 Å². The highest BCUT2D eigenvalue weighted by Crippen LogP contribution is 2.56. The van der Waals surface area contributed by atoms with Crippen LogP contribution in [-0.2, 0) is 15.1 Å². The Hall–Kier alpha value is -2.52. The summed E-state index contributed by atoms with van der Waals surface area (Å²) >= 11 is 14.0. The van der Waals surface area contributed by atoms with Crippen molar-refractivity contribution in [2.24, 2.45) is 10.9 Å². The van der Waals surface area contributed by atoms with Gasteiger partial charge in [0, 0.05) is 48.0 Å². The van der Waals surface area contributed by atoms with E-state index < -0.39 is 11.6 Å². The van der Waals surface area contributed by atoms with E-state index in [1.165, 1.54) is 11.8 Å². The van der Waals surface area contributed by atoms with Crippen LogP contribution in [0.15, 0.2) is 64.1 Å². The van der Waals surface area contributed by atoms with Crippen molar-refractivity contribution >= 4 is 51.9 Å². The van der Waals surface area contributed by atoms with Crippen LogP contribution in [0.3, 0.4) is 0 Å². The molecule has 6 rings (SSSR count). The molecule has 2 aromatic rings. The van der Waals surface area contributed by atoms with Crippen molar-refractivity contribution in [1.82, 2.24) is 19.6 Å². The summed E-state index contributed by atoms with van der Waals surface area (Å²) in [5.74, 6) is 0.0660. The molecule has 43 heavy (non-hydrogen) atoms. The van der Waals surface area contributed by atoms with E-state index in [9.17, 15) is 9.59 Å². The van der Waals surface area contributed by atoms with Crippen LogP contribution in [0.5, 0.6) is 0 Å². The van der Waals surface area contributed by atoms with Crippen LogP contribution < -0.4 is 0 Å². The third kappa shape index (κ3) is 5.39. The Bertz CT molecular complexity index is 1480. The molecule has 228 valence electrons. The van der Waals surface area contributed by atoms with Gasteiger partial charge in [-0.15, -0.1) is 0 Å². The molecule has 0 spiro atoms. The number of benzene rings is 2. The number of halogens is 2. The number of thioether (sulfide) groups is 1. The highest BCUT2D eigenvalue weighted by molar-refractivity contribution is 8.18. The minimum Gasteiger partial charge on any atom is -0.338 e. The van der Waals surface area contributed by atoms with Crippen molar-refractivity contribution in [2.45, 2.75) is 64.2 Å². The summed E-state index contributed by atoms with van der Waals surface area (Å²) < 4.78 is 0. The quantitative estimate of drug-likeness (QED) is 0.379. The third-order valence-corrected chi connectivity index (χ3v) is 11.0. The van der Waals surface area contributed by atoms with Crippen LogP contribution in [0.1, 0.15) is 57.7 Å². The summed E-state index contributed by atoms with van der Waals surface area (Å²) in [6, 6.07) is 15.5. The fraction of sp³-hybridized carbons (Fsp3) is 0.485. The number of amides is 2. The molecular formula is C33H39Cl2N5O2S. The monoisotopic (exact) mass is 639 g/mol. The van der Waals surface area contributed by atoms with Gasteiger partial charge in [0.25, 0.3) is 5.91 Å². The SMILES string of the molecule is CC(C)C1=C(C(=O)N2CCC[C@H]2C(=O)N2CCN(C)[C@H](C)C2)SC2=N[C@@](C)(c3ccc(Cl)cc3)[C@@H](c3ccc(Cl)cc3)N21. The Balaban J connectivity index is 1.36. The Morgan fingerprint density at radius 2 is 1.65 bits per heavy atom. The lowest BCUT2D eigenvalue weighted by Gasteiger charge is -2.40. The van der Waals surface area contributed by atoms with Crippen LogP contribution in [0.4, 0.5) is 0 Å². The van der Waals surface area contributed by atoms with Gasteiger partial charge < -0.3 is 19.6 Å². The van der Waals surface area contributed by atoms with Crippen molar-refractivity contribution in [3.8, 4) is 0 Å². The number of piperazine rings is 1. The summed E-state index contributed by atoms with van der Waals surface area (Å²) in [5.41, 5.74) is 2.44. The highest BCUT2D eigenvalue weighted by Gasteiger charge is 2.54. The molecule has 7 nitrogen and oxygen atoms in total. The smallest absolute Gasteiger partial charge is 0.263 e. The second-order valence-electron chi connectivity index (χ2n) is 12.6. The largest absolute Gasteiger partial charge is 0.338 e. The number of allylic oxidation sites excluding steroid dienone is 1. The Labute approximate surface area is 268 Å². The van der Waals surface area contributed by atoms with Gasteiger partial charge in [0.15, 0.2) is 5.17 Å². The number of fused-ring (bicyclic) bond motifs is 1. The van der Waals surface area contributed by atoms with Crippen LogP contribution in [0.2, 0.25) is 10.0 Å². The standard InChI is InChI=1S/C33H39Cl2N5O2S/c1-20(2)27-28(31(42)39-16-6-7-26(39)30(41)38-18-17-37(5)21(3)19-38)43-32-36-33(4,23-10-14-25(35)15-11-23)29(40(27)32)22-8-12-24(34)13-9-22/h8-15,20-21,26,29H,6-7,16-19H2,1-5H3/t21-,26+,29-,33+/m1/s1. The molecule has 10 heteroatoms. The summed E-state index contributed by atoms with van der Waals surface area (Å²) in [7, 11) is 2.10. The molecule has 0 aromatic heterocycles. The average molecular weight is 641 g/mol. The first kappa shape index (κ1) is 30.5. The molecule has 2 amide bonds. The van der Waals surface area contributed by atoms with Crippen LogP contribution in [0.25, 0.3) is 0 Å². The molecule has 4 atom stereocenters. The van der Waals surface area contributed by atoms with Gasteiger partial charge in [0.05, 0.1) is 6.04 Å². The van der Waals surface area contributed by atoms with Crippen molar-refractivity contribution in [3.05, 3.63) is 80.3 Å². The molecule has 0 aliphatic carbocycles. The topological polar surface area (TPSA) is 59.5 Å². The number of carbonyl (C=O) groups is 2. The maximum absolute atomic E-state index is 14.4. The van der Waals surface area contributed by atoms with E-state index in [4.69, 9.17) is 28.2 Å². The normalized spacial score (nSPS) is 27.8. The summed E-state index contributed by atoms with van der Waals surface area (Å²) in [5, 5.41) is 2.15. The predicted molar refractivity (Wildman–Crippen MR) is 175 cm³/mol. The first-order chi connectivity index (χ1) is 20.5. The van der Waals surface area contributed by atoms with Crippen molar-refractivity contribution in [2.75, 3.05) is 33.2 Å². The zero-order valence-corrected chi connectivity index (χ0v) is 27.7. The molecule has 2 saturated heterocycles. The van der Waals surface area contributed by atoms with Crippen molar-refractivity contribution in [3.63, 3.8) is 0 Å². The number of rotatable bonds is 5. The molecule has 2 aromatic carbocycles. The first-order valence-corrected chi connectivity index (χ1v) is 16.7. The van der Waals surface area contributed by atoms with E-state index in [1.807, 2.05) is 58.3 Å². The Morgan fingerprint density at radius 1 is 1.00 bits per heavy atom. The lowest BCUT2D eigenvalue weighted by Crippen LogP contribution is -2.56. The molecule has 0 saturated carbocycles. The average Bonchev–Trinajstić information content (AvgIpc) is 3.67. The van der Waals surface area contributed by atoms with E-state index in [1.54, 1.807) is 0 Å². The van der Waals surface area contributed by atoms with Gasteiger partial charge in [0.2, 0.25) is 5.91 Å². The second-order valence-corrected chi connectivity index (χ2v) is 14.5. The lowest BCUT2D eigenvalue weighted by molar-refractivity contribution is -0.143. The Morgan fingerprint density at radius 3 is 2.28 bits per heavy atom. The fourth-order valence-corrected chi connectivity index (χ4v) is 8.54. The minimum absolute atomic E-state index is 0.0525. The van der Waals surface area contributed by atoms with E-state index >= 15 is 0 Å². The van der Waals surface area contributed by atoms with Crippen LogP contribution in [0, 0.1) is 5.92 Å². The number of hydrogen-bond acceptors (Lipinski definition) is 6. The van der Waals surface area contributed by atoms with Crippen LogP contribution in [-0.4, -0.2) is 81.9 Å². The molecule has 4 heterocycles. The van der Waals surface area contributed by atoms with Crippen LogP contribution >= 0.6 is 35.0 Å². The number of amidine groups is 1. The maximum atomic E-state index is 14.4. The molecule has 0 radical (unpaired) electrons. The predicted octanol–water partition coefficient (Wildman–Crippen LogP) is 6.39. The van der Waals surface area contributed by atoms with Crippen molar-refractivity contribution in [1.29, 1.82) is 0 Å². The van der Waals surface area contributed by atoms with Gasteiger partial charge in [-0.1, -0.05) is 61.3 Å². The lowest BCUT2D eigenvalue weighted by atomic mass is 9.81. The number of likely N-dealkylation sites (N-methyl/N-ethyl adjacent to an activating group) is 1. The van der Waals surface area contributed by atoms with E-state index in [0.717, 1.165) is 35.0 Å². The fourth-order valence-electron chi connectivity index (χ4n) is 6.92. The summed E-state index contributed by atoms with van der Waals surface area (Å²) in [6.07, 6.45) is 1.53. The number of likely N-dealkylation sites (tertiary alicyclic amines) is 1. The van der Waals surface area contributed by atoms with Gasteiger partial charge in [-0.05, 0) is 86.8 Å². The maximum Gasteiger partial charge on any atom is 0.263 e. The van der Waals surface area contributed by atoms with Gasteiger partial charge in [-0.3, -0.25) is 9.59 Å². The number of hydrogen-bond donors (Lipinski definition) is 0. The second kappa shape index (κ2) is 11.8. The zero-order valence-electron chi connectivity index (χ0n) is 25.4. The van der Waals surface area contributed by atoms with Gasteiger partial charge in [-0.25, -0.2) is 4.99 Å². The summed E-state index contributed by atoms with van der Waals surface area (Å²) in [4.78, 5) is 42.5. The molecule has 0 bridgehead atoms. The third-order valence-electron chi connectivity index (χ3n) is 9.44. The molecule has 0 unspecified atom stereocenters. The Kier molecular flexibility index (Phi) is 8.35. The van der Waals surface area contributed by atoms with E-state index in [0.29, 0.717) is 47.0 Å². The molecule has 2 fully saturated rings. The molecule has 0 N–H and O–H groups in total. The molecule has 4 aliphatic rings. The summed E-state index contributed by atoms with van der Waals surface area (Å²) in [6.45, 7) is 11.4. The molecule has 4 aliphatic heterocycles. The number of carbonyl (C=O) groups excluding carboxylic acids is 2. The van der Waals surface area contributed by atoms with E-state index in [2.05, 4.69) is 44.5 Å². The van der Waals surface area contributed by atoms with Gasteiger partial charge in [0.1, 0.15) is 16.5 Å². The minimum atomic E-state index is -0.625. The number of aliphatic imine (C=N–C) groups is 1. The zero-order chi connectivity index (χ0) is 30.6. The van der Waals surface area contributed by atoms with E-state index in [-0.39, 0.29) is 23.8 Å². The molecular weight excluding hydrogens is 601 g/mol.